The Kier molecular flexibility index (Phi) is 4.66. The summed E-state index contributed by atoms with van der Waals surface area (Å²) in [6.45, 7) is 0. The quantitative estimate of drug-likeness (QED) is 0.880. The molecule has 7 heteroatoms. The number of carbonyl (C=O) groups is 2. The lowest BCUT2D eigenvalue weighted by Crippen LogP contribution is -2.38. The van der Waals surface area contributed by atoms with Crippen LogP contribution < -0.4 is 10.1 Å². The van der Waals surface area contributed by atoms with Gasteiger partial charge in [0.2, 0.25) is 0 Å². The molecule has 0 bridgehead atoms. The number of hydrogen-bond acceptors (Lipinski definition) is 4. The predicted molar refractivity (Wildman–Crippen MR) is 88.6 cm³/mol. The number of amides is 1. The van der Waals surface area contributed by atoms with E-state index in [9.17, 15) is 9.59 Å². The highest BCUT2D eigenvalue weighted by atomic mass is 35.5. The van der Waals surface area contributed by atoms with Crippen molar-refractivity contribution in [1.29, 1.82) is 0 Å². The van der Waals surface area contributed by atoms with Crippen LogP contribution in [0.15, 0.2) is 22.6 Å². The number of aliphatic carboxylic acids is 1. The van der Waals surface area contributed by atoms with Crippen LogP contribution in [0.1, 0.15) is 36.2 Å². The van der Waals surface area contributed by atoms with E-state index in [0.29, 0.717) is 47.4 Å². The van der Waals surface area contributed by atoms with Crippen LogP contribution in [0.3, 0.4) is 0 Å². The second kappa shape index (κ2) is 6.73. The molecule has 1 fully saturated rings. The van der Waals surface area contributed by atoms with Crippen molar-refractivity contribution in [1.82, 2.24) is 5.32 Å². The smallest absolute Gasteiger partial charge is 0.306 e. The lowest BCUT2D eigenvalue weighted by Gasteiger charge is -2.26. The van der Waals surface area contributed by atoms with E-state index in [1.54, 1.807) is 18.2 Å². The molecule has 1 aliphatic rings. The zero-order chi connectivity index (χ0) is 17.3. The molecule has 0 spiro atoms. The van der Waals surface area contributed by atoms with Gasteiger partial charge in [-0.05, 0) is 37.8 Å². The summed E-state index contributed by atoms with van der Waals surface area (Å²) >= 11 is 6.02. The molecule has 1 aromatic carbocycles. The average molecular weight is 352 g/mol. The fourth-order valence-corrected chi connectivity index (χ4v) is 3.31. The van der Waals surface area contributed by atoms with Crippen LogP contribution in [0.2, 0.25) is 5.02 Å². The van der Waals surface area contributed by atoms with Crippen molar-refractivity contribution < 1.29 is 23.8 Å². The van der Waals surface area contributed by atoms with E-state index in [2.05, 4.69) is 5.32 Å². The van der Waals surface area contributed by atoms with Gasteiger partial charge in [0, 0.05) is 22.5 Å². The van der Waals surface area contributed by atoms with Gasteiger partial charge < -0.3 is 19.6 Å². The lowest BCUT2D eigenvalue weighted by molar-refractivity contribution is -0.142. The van der Waals surface area contributed by atoms with Crippen LogP contribution in [-0.2, 0) is 4.79 Å². The van der Waals surface area contributed by atoms with Crippen LogP contribution in [0.25, 0.3) is 11.0 Å². The first kappa shape index (κ1) is 16.6. The van der Waals surface area contributed by atoms with Crippen LogP contribution >= 0.6 is 11.6 Å². The zero-order valence-electron chi connectivity index (χ0n) is 13.2. The maximum atomic E-state index is 12.4. The summed E-state index contributed by atoms with van der Waals surface area (Å²) < 4.78 is 10.8. The first-order chi connectivity index (χ1) is 11.5. The number of fused-ring (bicyclic) bond motifs is 1. The minimum Gasteiger partial charge on any atom is -0.493 e. The van der Waals surface area contributed by atoms with Crippen LogP contribution in [0.5, 0.6) is 5.75 Å². The van der Waals surface area contributed by atoms with Crippen molar-refractivity contribution in [3.63, 3.8) is 0 Å². The normalized spacial score (nSPS) is 20.8. The van der Waals surface area contributed by atoms with Gasteiger partial charge in [0.1, 0.15) is 0 Å². The Bertz CT molecular complexity index is 777. The number of hydrogen-bond donors (Lipinski definition) is 2. The molecule has 1 amide bonds. The number of nitrogens with one attached hydrogen (secondary N) is 1. The van der Waals surface area contributed by atoms with E-state index in [1.165, 1.54) is 7.11 Å². The molecule has 1 saturated carbocycles. The predicted octanol–water partition coefficient (Wildman–Crippen LogP) is 3.47. The molecule has 0 aliphatic heterocycles. The van der Waals surface area contributed by atoms with Gasteiger partial charge >= 0.3 is 5.97 Å². The molecule has 0 radical (unpaired) electrons. The molecular formula is C17H18ClNO5. The Labute approximate surface area is 143 Å². The van der Waals surface area contributed by atoms with Gasteiger partial charge in [-0.3, -0.25) is 9.59 Å². The minimum absolute atomic E-state index is 0.0354. The highest BCUT2D eigenvalue weighted by molar-refractivity contribution is 6.31. The molecule has 0 saturated heterocycles. The van der Waals surface area contributed by atoms with Gasteiger partial charge in [0.15, 0.2) is 17.1 Å². The molecule has 2 aromatic rings. The Hall–Kier alpha value is -2.21. The van der Waals surface area contributed by atoms with Crippen molar-refractivity contribution in [2.45, 2.75) is 31.7 Å². The van der Waals surface area contributed by atoms with E-state index in [0.717, 1.165) is 0 Å². The maximum Gasteiger partial charge on any atom is 0.306 e. The number of methoxy groups -OCH3 is 1. The zero-order valence-corrected chi connectivity index (χ0v) is 13.9. The highest BCUT2D eigenvalue weighted by Gasteiger charge is 2.27. The summed E-state index contributed by atoms with van der Waals surface area (Å²) in [7, 11) is 1.51. The van der Waals surface area contributed by atoms with E-state index in [4.69, 9.17) is 25.9 Å². The van der Waals surface area contributed by atoms with Crippen molar-refractivity contribution in [2.24, 2.45) is 5.92 Å². The van der Waals surface area contributed by atoms with Crippen molar-refractivity contribution in [2.75, 3.05) is 7.11 Å². The molecular weight excluding hydrogens is 334 g/mol. The Morgan fingerprint density at radius 2 is 1.96 bits per heavy atom. The summed E-state index contributed by atoms with van der Waals surface area (Å²) in [5, 5.41) is 13.1. The molecule has 1 aliphatic carbocycles. The van der Waals surface area contributed by atoms with Gasteiger partial charge in [-0.1, -0.05) is 11.6 Å². The Morgan fingerprint density at radius 1 is 1.25 bits per heavy atom. The highest BCUT2D eigenvalue weighted by Crippen LogP contribution is 2.32. The largest absolute Gasteiger partial charge is 0.493 e. The van der Waals surface area contributed by atoms with Gasteiger partial charge in [-0.25, -0.2) is 0 Å². The van der Waals surface area contributed by atoms with E-state index in [-0.39, 0.29) is 23.6 Å². The van der Waals surface area contributed by atoms with Gasteiger partial charge in [-0.15, -0.1) is 0 Å². The monoisotopic (exact) mass is 351 g/mol. The third kappa shape index (κ3) is 3.33. The first-order valence-electron chi connectivity index (χ1n) is 7.78. The van der Waals surface area contributed by atoms with Crippen LogP contribution in [-0.4, -0.2) is 30.1 Å². The molecule has 1 heterocycles. The number of halogens is 1. The second-order valence-electron chi connectivity index (χ2n) is 6.00. The molecule has 128 valence electrons. The van der Waals surface area contributed by atoms with Gasteiger partial charge in [0.25, 0.3) is 5.91 Å². The van der Waals surface area contributed by atoms with Crippen LogP contribution in [0.4, 0.5) is 0 Å². The molecule has 0 atom stereocenters. The van der Waals surface area contributed by atoms with E-state index < -0.39 is 5.97 Å². The van der Waals surface area contributed by atoms with E-state index >= 15 is 0 Å². The molecule has 1 aromatic heterocycles. The summed E-state index contributed by atoms with van der Waals surface area (Å²) in [5.74, 6) is -0.732. The third-order valence-electron chi connectivity index (χ3n) is 4.40. The third-order valence-corrected chi connectivity index (χ3v) is 4.62. The number of benzene rings is 1. The Balaban J connectivity index is 1.72. The van der Waals surface area contributed by atoms with Crippen molar-refractivity contribution >= 4 is 34.4 Å². The van der Waals surface area contributed by atoms with E-state index in [1.807, 2.05) is 0 Å². The standard InChI is InChI=1S/C17H18ClNO5/c1-23-13-8-11(18)6-10-7-14(24-15(10)13)16(20)19-12-4-2-9(3-5-12)17(21)22/h6-9,12H,2-5H2,1H3,(H,19,20)(H,21,22). The Morgan fingerprint density at radius 3 is 2.58 bits per heavy atom. The molecule has 24 heavy (non-hydrogen) atoms. The number of rotatable bonds is 4. The summed E-state index contributed by atoms with van der Waals surface area (Å²) in [4.78, 5) is 23.4. The molecule has 6 nitrogen and oxygen atoms in total. The fourth-order valence-electron chi connectivity index (χ4n) is 3.09. The fraction of sp³-hybridized carbons (Fsp3) is 0.412. The van der Waals surface area contributed by atoms with Crippen molar-refractivity contribution in [3.8, 4) is 5.75 Å². The first-order valence-corrected chi connectivity index (χ1v) is 8.16. The van der Waals surface area contributed by atoms with Gasteiger partial charge in [-0.2, -0.15) is 0 Å². The summed E-state index contributed by atoms with van der Waals surface area (Å²) in [5.41, 5.74) is 0.474. The minimum atomic E-state index is -0.763. The summed E-state index contributed by atoms with van der Waals surface area (Å²) in [6.07, 6.45) is 2.45. The number of carboxylic acid groups (broad SMARTS) is 1. The molecule has 0 unspecified atom stereocenters. The number of carbonyl (C=O) groups excluding carboxylic acids is 1. The maximum absolute atomic E-state index is 12.4. The SMILES string of the molecule is COc1cc(Cl)cc2cc(C(=O)NC3CCC(C(=O)O)CC3)oc12. The van der Waals surface area contributed by atoms with Crippen molar-refractivity contribution in [3.05, 3.63) is 29.0 Å². The number of ether oxygens (including phenoxy) is 1. The molecule has 2 N–H and O–H groups in total. The summed E-state index contributed by atoms with van der Waals surface area (Å²) in [6, 6.07) is 4.92. The number of furan rings is 1. The lowest BCUT2D eigenvalue weighted by atomic mass is 9.86. The average Bonchev–Trinajstić information content (AvgIpc) is 2.98. The number of carboxylic acids is 1. The second-order valence-corrected chi connectivity index (χ2v) is 6.43. The van der Waals surface area contributed by atoms with Gasteiger partial charge in [0.05, 0.1) is 13.0 Å². The topological polar surface area (TPSA) is 88.8 Å². The molecule has 3 rings (SSSR count). The van der Waals surface area contributed by atoms with Crippen LogP contribution in [0, 0.1) is 5.92 Å².